The molecule has 0 aliphatic carbocycles. The molecule has 0 radical (unpaired) electrons. The van der Waals surface area contributed by atoms with Gasteiger partial charge in [-0.2, -0.15) is 0 Å². The Bertz CT molecular complexity index is 259. The van der Waals surface area contributed by atoms with E-state index in [4.69, 9.17) is 0 Å². The Kier molecular flexibility index (Phi) is 11.9. The molecule has 1 nitrogen and oxygen atoms in total. The van der Waals surface area contributed by atoms with Gasteiger partial charge in [0.05, 0.1) is 0 Å². The molecule has 0 bridgehead atoms. The molecule has 0 atom stereocenters. The average Bonchev–Trinajstić information content (AvgIpc) is 2.44. The summed E-state index contributed by atoms with van der Waals surface area (Å²) in [5, 5.41) is 0. The molecule has 20 heavy (non-hydrogen) atoms. The van der Waals surface area contributed by atoms with Crippen molar-refractivity contribution >= 4 is 22.2 Å². The van der Waals surface area contributed by atoms with Crippen LogP contribution in [0.3, 0.4) is 0 Å². The van der Waals surface area contributed by atoms with Crippen molar-refractivity contribution in [1.29, 1.82) is 0 Å². The minimum absolute atomic E-state index is 0.492. The first-order chi connectivity index (χ1) is 9.52. The van der Waals surface area contributed by atoms with Crippen molar-refractivity contribution in [1.82, 2.24) is 0 Å². The topological polar surface area (TPSA) is 17.1 Å². The van der Waals surface area contributed by atoms with Crippen LogP contribution in [-0.2, 0) is 4.79 Å². The molecule has 0 aliphatic heterocycles. The molecule has 2 heteroatoms. The summed E-state index contributed by atoms with van der Waals surface area (Å²) in [7, 11) is 0. The van der Waals surface area contributed by atoms with Gasteiger partial charge in [-0.05, 0) is 0 Å². The van der Waals surface area contributed by atoms with Crippen LogP contribution < -0.4 is 0 Å². The number of hydrogen-bond acceptors (Lipinski definition) is 1. The number of unbranched alkanes of at least 4 members (excludes halogenated alkanes) is 3. The van der Waals surface area contributed by atoms with Crippen LogP contribution in [0.15, 0.2) is 12.2 Å². The van der Waals surface area contributed by atoms with Gasteiger partial charge in [0.15, 0.2) is 0 Å². The van der Waals surface area contributed by atoms with Crippen LogP contribution in [0.1, 0.15) is 73.1 Å². The standard InChI is InChI=1S/C6H9O.3C4H9.Sn/c1-6(2)4-3-5-7;3*1-3-4-2;/h3-4,6H,1-2H3;3*1,3-4H2,2H3;/b4-3+;;;;. The van der Waals surface area contributed by atoms with Gasteiger partial charge in [-0.3, -0.25) is 0 Å². The average molecular weight is 387 g/mol. The summed E-state index contributed by atoms with van der Waals surface area (Å²) >= 11 is -2.61. The van der Waals surface area contributed by atoms with Crippen molar-refractivity contribution in [2.45, 2.75) is 86.5 Å². The van der Waals surface area contributed by atoms with Gasteiger partial charge in [0.2, 0.25) is 0 Å². The first-order valence-electron chi connectivity index (χ1n) is 8.75. The third kappa shape index (κ3) is 7.85. The van der Waals surface area contributed by atoms with Gasteiger partial charge in [-0.25, -0.2) is 0 Å². The summed E-state index contributed by atoms with van der Waals surface area (Å²) in [5.74, 6) is 0.492. The zero-order chi connectivity index (χ0) is 15.4. The fourth-order valence-electron chi connectivity index (χ4n) is 2.75. The first kappa shape index (κ1) is 20.2. The molecule has 0 unspecified atom stereocenters. The molecule has 0 saturated heterocycles. The van der Waals surface area contributed by atoms with Gasteiger partial charge in [-0.15, -0.1) is 0 Å². The molecular formula is C18H36OSn. The van der Waals surface area contributed by atoms with Crippen LogP contribution in [0.4, 0.5) is 0 Å². The van der Waals surface area contributed by atoms with E-state index in [0.717, 1.165) is 0 Å². The molecule has 0 rings (SSSR count). The van der Waals surface area contributed by atoms with Crippen LogP contribution in [-0.4, -0.2) is 22.2 Å². The van der Waals surface area contributed by atoms with Crippen molar-refractivity contribution in [3.8, 4) is 0 Å². The van der Waals surface area contributed by atoms with Crippen LogP contribution in [0.2, 0.25) is 13.3 Å². The Hall–Kier alpha value is 0.209. The second-order valence-corrected chi connectivity index (χ2v) is 19.6. The van der Waals surface area contributed by atoms with Crippen LogP contribution >= 0.6 is 0 Å². The van der Waals surface area contributed by atoms with E-state index in [-0.39, 0.29) is 0 Å². The van der Waals surface area contributed by atoms with Crippen molar-refractivity contribution < 1.29 is 4.79 Å². The van der Waals surface area contributed by atoms with Gasteiger partial charge >= 0.3 is 131 Å². The van der Waals surface area contributed by atoms with Crippen LogP contribution in [0.25, 0.3) is 0 Å². The second kappa shape index (κ2) is 11.8. The van der Waals surface area contributed by atoms with E-state index in [2.05, 4.69) is 40.7 Å². The summed E-state index contributed by atoms with van der Waals surface area (Å²) in [4.78, 5) is 12.9. The summed E-state index contributed by atoms with van der Waals surface area (Å²) < 4.78 is 4.45. The van der Waals surface area contributed by atoms with Crippen molar-refractivity contribution in [2.75, 3.05) is 0 Å². The van der Waals surface area contributed by atoms with E-state index in [9.17, 15) is 4.79 Å². The van der Waals surface area contributed by atoms with E-state index in [1.54, 1.807) is 0 Å². The zero-order valence-electron chi connectivity index (χ0n) is 14.5. The molecule has 0 aliphatic rings. The fourth-order valence-corrected chi connectivity index (χ4v) is 17.1. The molecule has 0 fully saturated rings. The Morgan fingerprint density at radius 2 is 1.30 bits per heavy atom. The van der Waals surface area contributed by atoms with Gasteiger partial charge < -0.3 is 0 Å². The van der Waals surface area contributed by atoms with Gasteiger partial charge in [0, 0.05) is 0 Å². The summed E-state index contributed by atoms with van der Waals surface area (Å²) in [6.07, 6.45) is 11.6. The maximum absolute atomic E-state index is 12.9. The molecule has 0 aromatic carbocycles. The maximum atomic E-state index is 12.9. The fraction of sp³-hybridized carbons (Fsp3) is 0.833. The summed E-state index contributed by atoms with van der Waals surface area (Å²) in [6.45, 7) is 11.1. The molecule has 0 saturated carbocycles. The number of carbonyl (C=O) groups is 1. The van der Waals surface area contributed by atoms with E-state index >= 15 is 0 Å². The third-order valence-electron chi connectivity index (χ3n) is 4.18. The van der Waals surface area contributed by atoms with Gasteiger partial charge in [-0.1, -0.05) is 0 Å². The van der Waals surface area contributed by atoms with E-state index in [1.807, 2.05) is 6.08 Å². The van der Waals surface area contributed by atoms with Gasteiger partial charge in [0.1, 0.15) is 0 Å². The predicted octanol–water partition coefficient (Wildman–Crippen LogP) is 6.16. The van der Waals surface area contributed by atoms with E-state index in [0.29, 0.717) is 9.72 Å². The van der Waals surface area contributed by atoms with E-state index < -0.39 is 18.4 Å². The van der Waals surface area contributed by atoms with Crippen LogP contribution in [0.5, 0.6) is 0 Å². The Morgan fingerprint density at radius 3 is 1.60 bits per heavy atom. The van der Waals surface area contributed by atoms with Gasteiger partial charge in [0.25, 0.3) is 0 Å². The second-order valence-electron chi connectivity index (χ2n) is 6.56. The summed E-state index contributed by atoms with van der Waals surface area (Å²) in [5.41, 5.74) is 0. The normalized spacial score (nSPS) is 12.5. The molecule has 0 heterocycles. The molecule has 0 spiro atoms. The van der Waals surface area contributed by atoms with Crippen molar-refractivity contribution in [3.63, 3.8) is 0 Å². The zero-order valence-corrected chi connectivity index (χ0v) is 17.4. The number of carbonyl (C=O) groups excluding carboxylic acids is 1. The molecule has 0 aromatic rings. The third-order valence-corrected chi connectivity index (χ3v) is 18.9. The quantitative estimate of drug-likeness (QED) is 0.290. The van der Waals surface area contributed by atoms with Crippen LogP contribution in [0, 0.1) is 5.92 Å². The molecule has 118 valence electrons. The molecule has 0 N–H and O–H groups in total. The molecule has 0 aromatic heterocycles. The SMILES string of the molecule is CCC[CH2][Sn]([CH2]CCC)([CH2]CCC)[C](=O)/C=C/C(C)C. The number of allylic oxidation sites excluding steroid dienone is 2. The Balaban J connectivity index is 5.04. The predicted molar refractivity (Wildman–Crippen MR) is 93.9 cm³/mol. The Labute approximate surface area is 131 Å². The molecule has 0 amide bonds. The van der Waals surface area contributed by atoms with Crippen molar-refractivity contribution in [2.24, 2.45) is 5.92 Å². The Morgan fingerprint density at radius 1 is 0.900 bits per heavy atom. The monoisotopic (exact) mass is 388 g/mol. The first-order valence-corrected chi connectivity index (χ1v) is 16.2. The summed E-state index contributed by atoms with van der Waals surface area (Å²) in [6, 6.07) is 0. The minimum atomic E-state index is -2.61. The number of hydrogen-bond donors (Lipinski definition) is 0. The van der Waals surface area contributed by atoms with E-state index in [1.165, 1.54) is 51.8 Å². The van der Waals surface area contributed by atoms with Crippen molar-refractivity contribution in [3.05, 3.63) is 12.2 Å². The number of rotatable bonds is 12. The molecular weight excluding hydrogens is 351 g/mol.